The van der Waals surface area contributed by atoms with Crippen LogP contribution < -0.4 is 5.32 Å². The molecule has 192 valence electrons. The Labute approximate surface area is 211 Å². The third-order valence-corrected chi connectivity index (χ3v) is 11.3. The van der Waals surface area contributed by atoms with Gasteiger partial charge in [-0.3, -0.25) is 14.4 Å². The lowest BCUT2D eigenvalue weighted by molar-refractivity contribution is -0.147. The zero-order valence-corrected chi connectivity index (χ0v) is 21.5. The van der Waals surface area contributed by atoms with E-state index in [2.05, 4.69) is 5.32 Å². The largest absolute Gasteiger partial charge is 0.347 e. The van der Waals surface area contributed by atoms with Gasteiger partial charge in [-0.05, 0) is 73.0 Å². The Kier molecular flexibility index (Phi) is 6.09. The summed E-state index contributed by atoms with van der Waals surface area (Å²) in [6, 6.07) is 0.0212. The van der Waals surface area contributed by atoms with E-state index < -0.39 is 51.6 Å². The number of ketones is 2. The van der Waals surface area contributed by atoms with Crippen molar-refractivity contribution in [2.45, 2.75) is 95.4 Å². The molecule has 0 aromatic rings. The van der Waals surface area contributed by atoms with Crippen LogP contribution in [0.25, 0.3) is 0 Å². The Morgan fingerprint density at radius 3 is 2.46 bits per heavy atom. The normalized spacial score (nSPS) is 47.4. The van der Waals surface area contributed by atoms with Crippen LogP contribution in [0.5, 0.6) is 0 Å². The van der Waals surface area contributed by atoms with Crippen molar-refractivity contribution in [2.75, 3.05) is 0 Å². The van der Waals surface area contributed by atoms with Gasteiger partial charge in [0.25, 0.3) is 5.91 Å². The Balaban J connectivity index is 1.46. The fraction of sp³-hybridized carbons (Fsp3) is 0.750. The Hall–Kier alpha value is -1.56. The summed E-state index contributed by atoms with van der Waals surface area (Å²) < 4.78 is 31.9. The number of Topliss-reactive ketones (excluding diaryl/α,β-unsaturated/α-hetero) is 1. The van der Waals surface area contributed by atoms with Crippen LogP contribution in [-0.4, -0.2) is 40.7 Å². The fourth-order valence-corrected chi connectivity index (χ4v) is 9.20. The van der Waals surface area contributed by atoms with Gasteiger partial charge >= 0.3 is 0 Å². The highest BCUT2D eigenvalue weighted by Gasteiger charge is 2.72. The molecule has 0 unspecified atom stereocenters. The van der Waals surface area contributed by atoms with E-state index in [0.29, 0.717) is 6.42 Å². The van der Waals surface area contributed by atoms with Crippen molar-refractivity contribution < 1.29 is 23.2 Å². The molecule has 4 nitrogen and oxygen atoms in total. The topological polar surface area (TPSA) is 63.2 Å². The zero-order valence-electron chi connectivity index (χ0n) is 20.8. The molecule has 5 aliphatic rings. The van der Waals surface area contributed by atoms with Gasteiger partial charge in [-0.2, -0.15) is 0 Å². The molecule has 0 spiro atoms. The molecule has 4 saturated carbocycles. The summed E-state index contributed by atoms with van der Waals surface area (Å²) in [7, 11) is 0. The van der Waals surface area contributed by atoms with Gasteiger partial charge < -0.3 is 5.32 Å². The Bertz CT molecular complexity index is 1010. The van der Waals surface area contributed by atoms with Crippen molar-refractivity contribution in [1.29, 1.82) is 0 Å². The molecule has 9 atom stereocenters. The van der Waals surface area contributed by atoms with E-state index >= 15 is 8.78 Å². The van der Waals surface area contributed by atoms with Crippen molar-refractivity contribution in [3.05, 3.63) is 23.8 Å². The zero-order chi connectivity index (χ0) is 25.3. The summed E-state index contributed by atoms with van der Waals surface area (Å²) in [5.41, 5.74) is -1.66. The molecule has 1 amide bonds. The number of hydrogen-bond acceptors (Lipinski definition) is 3. The summed E-state index contributed by atoms with van der Waals surface area (Å²) >= 11 is 7.24. The summed E-state index contributed by atoms with van der Waals surface area (Å²) in [5, 5.41) is 2.94. The molecule has 35 heavy (non-hydrogen) atoms. The molecular formula is C28H36ClF2NO3. The number of nitrogens with one attached hydrogen (secondary N) is 1. The Morgan fingerprint density at radius 2 is 1.77 bits per heavy atom. The smallest absolute Gasteiger partial charge is 0.287 e. The number of alkyl halides is 3. The lowest BCUT2D eigenvalue weighted by atomic mass is 9.46. The van der Waals surface area contributed by atoms with Gasteiger partial charge in [0.1, 0.15) is 12.3 Å². The molecule has 0 aromatic carbocycles. The van der Waals surface area contributed by atoms with Crippen molar-refractivity contribution in [3.8, 4) is 0 Å². The second-order valence-electron chi connectivity index (χ2n) is 12.3. The molecule has 0 heterocycles. The predicted octanol–water partition coefficient (Wildman–Crippen LogP) is 5.43. The molecule has 0 aliphatic heterocycles. The van der Waals surface area contributed by atoms with Crippen molar-refractivity contribution in [2.24, 2.45) is 34.5 Å². The highest BCUT2D eigenvalue weighted by atomic mass is 35.5. The first-order chi connectivity index (χ1) is 16.4. The quantitative estimate of drug-likeness (QED) is 0.409. The van der Waals surface area contributed by atoms with Crippen LogP contribution in [0.2, 0.25) is 0 Å². The minimum atomic E-state index is -1.52. The standard InChI is InChI=1S/C28H36ClF2NO3/c1-15-11-18-19-13-21(30)20-12-17(33)9-10-27(20,3)28(19,29)22(31)14-26(18,2)23(15)24(34)25(35)32-16-7-5-4-6-8-16/h9-10,12,15-16,18-19,21-23H,4-8,11,13-14H2,1-3H3,(H,32,35)/t15-,18+,19+,21+,22+,23-,26+,27+,28+/m1/s1. The fourth-order valence-electron chi connectivity index (χ4n) is 8.71. The third-order valence-electron chi connectivity index (χ3n) is 10.4. The SMILES string of the molecule is C[C@@H]1C[C@H]2[C@@H]3C[C@H](F)C4=CC(=O)C=C[C@]4(C)[C@@]3(Cl)[C@@H](F)C[C@]2(C)[C@H]1C(=O)C(=O)NC1CCCCC1. The number of amides is 1. The van der Waals surface area contributed by atoms with Crippen LogP contribution in [0, 0.1) is 34.5 Å². The summed E-state index contributed by atoms with van der Waals surface area (Å²) in [6.45, 7) is 5.59. The number of halogens is 3. The minimum Gasteiger partial charge on any atom is -0.347 e. The lowest BCUT2D eigenvalue weighted by Gasteiger charge is -2.63. The predicted molar refractivity (Wildman–Crippen MR) is 130 cm³/mol. The van der Waals surface area contributed by atoms with Gasteiger partial charge in [-0.15, -0.1) is 11.6 Å². The Morgan fingerprint density at radius 1 is 1.09 bits per heavy atom. The second-order valence-corrected chi connectivity index (χ2v) is 12.9. The second kappa shape index (κ2) is 8.49. The van der Waals surface area contributed by atoms with Crippen molar-refractivity contribution in [1.82, 2.24) is 5.32 Å². The number of allylic oxidation sites excluding steroid dienone is 4. The van der Waals surface area contributed by atoms with E-state index in [0.717, 1.165) is 32.1 Å². The molecule has 4 fully saturated rings. The average Bonchev–Trinajstić information content (AvgIpc) is 3.07. The van der Waals surface area contributed by atoms with E-state index in [9.17, 15) is 14.4 Å². The maximum absolute atomic E-state index is 16.4. The van der Waals surface area contributed by atoms with Crippen molar-refractivity contribution in [3.63, 3.8) is 0 Å². The number of fused-ring (bicyclic) bond motifs is 5. The van der Waals surface area contributed by atoms with Crippen LogP contribution >= 0.6 is 11.6 Å². The first kappa shape index (κ1) is 25.1. The van der Waals surface area contributed by atoms with Crippen LogP contribution in [0.1, 0.15) is 72.1 Å². The van der Waals surface area contributed by atoms with E-state index in [1.807, 2.05) is 13.8 Å². The first-order valence-corrected chi connectivity index (χ1v) is 13.6. The van der Waals surface area contributed by atoms with Gasteiger partial charge in [0.15, 0.2) is 5.78 Å². The number of rotatable bonds is 3. The number of carbonyl (C=O) groups is 3. The van der Waals surface area contributed by atoms with Crippen LogP contribution in [0.3, 0.4) is 0 Å². The van der Waals surface area contributed by atoms with Crippen molar-refractivity contribution >= 4 is 29.1 Å². The van der Waals surface area contributed by atoms with Crippen LogP contribution in [0.15, 0.2) is 23.8 Å². The van der Waals surface area contributed by atoms with Gasteiger partial charge in [0.2, 0.25) is 5.78 Å². The molecular weight excluding hydrogens is 472 g/mol. The number of carbonyl (C=O) groups excluding carboxylic acids is 3. The van der Waals surface area contributed by atoms with E-state index in [-0.39, 0.29) is 42.1 Å². The summed E-state index contributed by atoms with van der Waals surface area (Å²) in [4.78, 5) is 37.1. The molecule has 0 bridgehead atoms. The maximum atomic E-state index is 16.4. The molecule has 0 radical (unpaired) electrons. The minimum absolute atomic E-state index is 0.0212. The van der Waals surface area contributed by atoms with E-state index in [1.54, 1.807) is 13.0 Å². The van der Waals surface area contributed by atoms with Gasteiger partial charge in [0.05, 0.1) is 4.87 Å². The molecule has 5 rings (SSSR count). The maximum Gasteiger partial charge on any atom is 0.287 e. The van der Waals surface area contributed by atoms with Crippen LogP contribution in [-0.2, 0) is 14.4 Å². The monoisotopic (exact) mass is 507 g/mol. The molecule has 0 saturated heterocycles. The van der Waals surface area contributed by atoms with E-state index in [1.165, 1.54) is 12.2 Å². The molecule has 1 N–H and O–H groups in total. The lowest BCUT2D eigenvalue weighted by Crippen LogP contribution is -2.66. The number of hydrogen-bond donors (Lipinski definition) is 1. The summed E-state index contributed by atoms with van der Waals surface area (Å²) in [5.74, 6) is -2.81. The molecule has 7 heteroatoms. The van der Waals surface area contributed by atoms with Gasteiger partial charge in [-0.25, -0.2) is 8.78 Å². The average molecular weight is 508 g/mol. The highest BCUT2D eigenvalue weighted by Crippen LogP contribution is 2.71. The van der Waals surface area contributed by atoms with E-state index in [4.69, 9.17) is 11.6 Å². The molecule has 5 aliphatic carbocycles. The van der Waals surface area contributed by atoms with Gasteiger partial charge in [-0.1, -0.05) is 46.1 Å². The highest BCUT2D eigenvalue weighted by molar-refractivity contribution is 6.37. The summed E-state index contributed by atoms with van der Waals surface area (Å²) in [6.07, 6.45) is 6.96. The third kappa shape index (κ3) is 3.52. The first-order valence-electron chi connectivity index (χ1n) is 13.2. The molecule has 0 aromatic heterocycles. The van der Waals surface area contributed by atoms with Gasteiger partial charge in [0, 0.05) is 17.4 Å². The van der Waals surface area contributed by atoms with Crippen LogP contribution in [0.4, 0.5) is 8.78 Å².